The summed E-state index contributed by atoms with van der Waals surface area (Å²) in [6.07, 6.45) is 2.02. The van der Waals surface area contributed by atoms with Crippen LogP contribution in [0.3, 0.4) is 0 Å². The molecular formula is C12H23N3O4. The molecule has 110 valence electrons. The molecule has 0 fully saturated rings. The summed E-state index contributed by atoms with van der Waals surface area (Å²) in [7, 11) is 0. The van der Waals surface area contributed by atoms with Gasteiger partial charge >= 0.3 is 12.0 Å². The number of carbonyl (C=O) groups is 3. The number of nitrogens with two attached hydrogens (primary N) is 1. The van der Waals surface area contributed by atoms with Crippen molar-refractivity contribution in [2.24, 2.45) is 11.7 Å². The highest BCUT2D eigenvalue weighted by molar-refractivity contribution is 5.89. The first-order valence-electron chi connectivity index (χ1n) is 6.38. The molecule has 0 saturated heterocycles. The van der Waals surface area contributed by atoms with E-state index in [0.29, 0.717) is 6.42 Å². The van der Waals surface area contributed by atoms with Gasteiger partial charge in [-0.05, 0) is 12.3 Å². The third kappa shape index (κ3) is 6.64. The molecule has 0 aromatic carbocycles. The molecular weight excluding hydrogens is 250 g/mol. The van der Waals surface area contributed by atoms with Crippen LogP contribution in [0.25, 0.3) is 0 Å². The van der Waals surface area contributed by atoms with E-state index in [9.17, 15) is 14.4 Å². The Labute approximate surface area is 112 Å². The summed E-state index contributed by atoms with van der Waals surface area (Å²) in [6.45, 7) is 5.34. The van der Waals surface area contributed by atoms with Gasteiger partial charge in [0.15, 0.2) is 0 Å². The van der Waals surface area contributed by atoms with E-state index in [1.165, 1.54) is 0 Å². The smallest absolute Gasteiger partial charge is 0.326 e. The van der Waals surface area contributed by atoms with Gasteiger partial charge in [0.1, 0.15) is 12.1 Å². The largest absolute Gasteiger partial charge is 0.480 e. The van der Waals surface area contributed by atoms with Crippen molar-refractivity contribution in [2.75, 3.05) is 0 Å². The van der Waals surface area contributed by atoms with Crippen molar-refractivity contribution in [3.8, 4) is 0 Å². The molecule has 0 aromatic rings. The molecule has 19 heavy (non-hydrogen) atoms. The molecule has 1 unspecified atom stereocenters. The topological polar surface area (TPSA) is 122 Å². The summed E-state index contributed by atoms with van der Waals surface area (Å²) in [5, 5.41) is 13.8. The maximum Gasteiger partial charge on any atom is 0.326 e. The van der Waals surface area contributed by atoms with Crippen molar-refractivity contribution in [1.29, 1.82) is 0 Å². The van der Waals surface area contributed by atoms with E-state index < -0.39 is 30.0 Å². The molecule has 7 heteroatoms. The summed E-state index contributed by atoms with van der Waals surface area (Å²) < 4.78 is 0. The lowest BCUT2D eigenvalue weighted by Gasteiger charge is -2.22. The number of carboxylic acids is 1. The van der Waals surface area contributed by atoms with Crippen LogP contribution in [0.5, 0.6) is 0 Å². The number of rotatable bonds is 8. The highest BCUT2D eigenvalue weighted by Gasteiger charge is 2.27. The molecule has 0 heterocycles. The number of urea groups is 1. The number of unbranched alkanes of at least 4 members (excludes halogenated alkanes) is 1. The Morgan fingerprint density at radius 1 is 1.21 bits per heavy atom. The van der Waals surface area contributed by atoms with Gasteiger partial charge < -0.3 is 21.5 Å². The van der Waals surface area contributed by atoms with Gasteiger partial charge in [-0.2, -0.15) is 0 Å². The van der Waals surface area contributed by atoms with Crippen molar-refractivity contribution in [3.63, 3.8) is 0 Å². The number of hydrogen-bond donors (Lipinski definition) is 4. The van der Waals surface area contributed by atoms with Crippen LogP contribution in [-0.4, -0.2) is 35.1 Å². The van der Waals surface area contributed by atoms with Gasteiger partial charge in [-0.25, -0.2) is 9.59 Å². The molecule has 3 amide bonds. The molecule has 0 aromatic heterocycles. The quantitative estimate of drug-likeness (QED) is 0.512. The minimum Gasteiger partial charge on any atom is -0.480 e. The summed E-state index contributed by atoms with van der Waals surface area (Å²) in [4.78, 5) is 33.8. The number of primary amides is 1. The molecule has 0 saturated carbocycles. The highest BCUT2D eigenvalue weighted by atomic mass is 16.4. The minimum atomic E-state index is -1.10. The van der Waals surface area contributed by atoms with Crippen molar-refractivity contribution in [2.45, 2.75) is 52.1 Å². The molecule has 0 aliphatic heterocycles. The van der Waals surface area contributed by atoms with Crippen molar-refractivity contribution in [1.82, 2.24) is 10.6 Å². The molecule has 2 atom stereocenters. The fourth-order valence-corrected chi connectivity index (χ4v) is 1.62. The first kappa shape index (κ1) is 17.2. The monoisotopic (exact) mass is 273 g/mol. The highest BCUT2D eigenvalue weighted by Crippen LogP contribution is 2.05. The molecule has 0 aliphatic rings. The Bertz CT molecular complexity index is 331. The molecule has 7 nitrogen and oxygen atoms in total. The zero-order valence-corrected chi connectivity index (χ0v) is 11.6. The number of carboxylic acid groups (broad SMARTS) is 1. The normalized spacial score (nSPS) is 13.7. The maximum atomic E-state index is 12.0. The standard InChI is InChI=1S/C12H23N3O4/c1-4-5-6-8(14-12(13)19)10(16)15-9(7(2)3)11(17)18/h7-9H,4-6H2,1-3H3,(H,15,16)(H,17,18)(H3,13,14,19)/t8?,9-/m0/s1. The fourth-order valence-electron chi connectivity index (χ4n) is 1.62. The van der Waals surface area contributed by atoms with Crippen LogP contribution in [-0.2, 0) is 9.59 Å². The van der Waals surface area contributed by atoms with E-state index >= 15 is 0 Å². The van der Waals surface area contributed by atoms with Crippen LogP contribution in [0.1, 0.15) is 40.0 Å². The lowest BCUT2D eigenvalue weighted by Crippen LogP contribution is -2.53. The van der Waals surface area contributed by atoms with E-state index in [0.717, 1.165) is 12.8 Å². The Kier molecular flexibility index (Phi) is 7.55. The van der Waals surface area contributed by atoms with Crippen LogP contribution >= 0.6 is 0 Å². The zero-order valence-electron chi connectivity index (χ0n) is 11.6. The molecule has 0 rings (SSSR count). The second kappa shape index (κ2) is 8.34. The van der Waals surface area contributed by atoms with Gasteiger partial charge in [-0.3, -0.25) is 4.79 Å². The molecule has 5 N–H and O–H groups in total. The molecule has 0 bridgehead atoms. The predicted octanol–water partition coefficient (Wildman–Crippen LogP) is 0.439. The average molecular weight is 273 g/mol. The third-order valence-corrected chi connectivity index (χ3v) is 2.71. The Morgan fingerprint density at radius 3 is 2.16 bits per heavy atom. The number of nitrogens with one attached hydrogen (secondary N) is 2. The maximum absolute atomic E-state index is 12.0. The Morgan fingerprint density at radius 2 is 1.79 bits per heavy atom. The van der Waals surface area contributed by atoms with Crippen molar-refractivity contribution < 1.29 is 19.5 Å². The van der Waals surface area contributed by atoms with Crippen LogP contribution in [0.4, 0.5) is 4.79 Å². The molecule has 0 spiro atoms. The number of hydrogen-bond acceptors (Lipinski definition) is 3. The van der Waals surface area contributed by atoms with E-state index in [-0.39, 0.29) is 5.92 Å². The van der Waals surface area contributed by atoms with Gasteiger partial charge in [-0.15, -0.1) is 0 Å². The van der Waals surface area contributed by atoms with Crippen molar-refractivity contribution in [3.05, 3.63) is 0 Å². The summed E-state index contributed by atoms with van der Waals surface area (Å²) >= 11 is 0. The zero-order chi connectivity index (χ0) is 15.0. The number of carbonyl (C=O) groups excluding carboxylic acids is 2. The second-order valence-corrected chi connectivity index (χ2v) is 4.77. The van der Waals surface area contributed by atoms with Gasteiger partial charge in [0, 0.05) is 0 Å². The molecule has 0 radical (unpaired) electrons. The third-order valence-electron chi connectivity index (χ3n) is 2.71. The van der Waals surface area contributed by atoms with Crippen molar-refractivity contribution >= 4 is 17.9 Å². The summed E-state index contributed by atoms with van der Waals surface area (Å²) in [6, 6.07) is -2.57. The minimum absolute atomic E-state index is 0.248. The number of aliphatic carboxylic acids is 1. The lowest BCUT2D eigenvalue weighted by atomic mass is 10.0. The van der Waals surface area contributed by atoms with Crippen LogP contribution < -0.4 is 16.4 Å². The van der Waals surface area contributed by atoms with E-state index in [1.807, 2.05) is 6.92 Å². The summed E-state index contributed by atoms with van der Waals surface area (Å²) in [5.41, 5.74) is 5.01. The van der Waals surface area contributed by atoms with Crippen LogP contribution in [0.15, 0.2) is 0 Å². The van der Waals surface area contributed by atoms with Gasteiger partial charge in [-0.1, -0.05) is 33.6 Å². The van der Waals surface area contributed by atoms with Gasteiger partial charge in [0.05, 0.1) is 0 Å². The van der Waals surface area contributed by atoms with E-state index in [2.05, 4.69) is 10.6 Å². The second-order valence-electron chi connectivity index (χ2n) is 4.77. The SMILES string of the molecule is CCCCC(NC(N)=O)C(=O)N[C@H](C(=O)O)C(C)C. The Balaban J connectivity index is 4.68. The van der Waals surface area contributed by atoms with E-state index in [4.69, 9.17) is 10.8 Å². The summed E-state index contributed by atoms with van der Waals surface area (Å²) in [5.74, 6) is -1.87. The molecule has 0 aliphatic carbocycles. The van der Waals surface area contributed by atoms with Gasteiger partial charge in [0.25, 0.3) is 0 Å². The predicted molar refractivity (Wildman–Crippen MR) is 70.4 cm³/mol. The van der Waals surface area contributed by atoms with E-state index in [1.54, 1.807) is 13.8 Å². The fraction of sp³-hybridized carbons (Fsp3) is 0.750. The van der Waals surface area contributed by atoms with Gasteiger partial charge in [0.2, 0.25) is 5.91 Å². The van der Waals surface area contributed by atoms with Crippen LogP contribution in [0.2, 0.25) is 0 Å². The average Bonchev–Trinajstić information content (AvgIpc) is 2.29. The first-order chi connectivity index (χ1) is 8.79. The lowest BCUT2D eigenvalue weighted by molar-refractivity contribution is -0.143. The number of amides is 3. The Hall–Kier alpha value is -1.79. The first-order valence-corrected chi connectivity index (χ1v) is 6.38. The van der Waals surface area contributed by atoms with Crippen LogP contribution in [0, 0.1) is 5.92 Å².